The van der Waals surface area contributed by atoms with Crippen LogP contribution in [0, 0.1) is 11.6 Å². The highest BCUT2D eigenvalue weighted by molar-refractivity contribution is 5.95. The van der Waals surface area contributed by atoms with Gasteiger partial charge < -0.3 is 10.6 Å². The summed E-state index contributed by atoms with van der Waals surface area (Å²) in [4.78, 5) is 13.9. The van der Waals surface area contributed by atoms with Crippen molar-refractivity contribution in [1.29, 1.82) is 0 Å². The molecule has 0 saturated heterocycles. The van der Waals surface area contributed by atoms with Crippen LogP contribution in [0.25, 0.3) is 0 Å². The van der Waals surface area contributed by atoms with E-state index in [4.69, 9.17) is 5.73 Å². The van der Waals surface area contributed by atoms with Crippen LogP contribution >= 0.6 is 0 Å². The molecule has 110 valence electrons. The van der Waals surface area contributed by atoms with Crippen molar-refractivity contribution >= 4 is 11.6 Å². The molecule has 1 aliphatic rings. The van der Waals surface area contributed by atoms with Crippen LogP contribution in [0.15, 0.2) is 12.1 Å². The third kappa shape index (κ3) is 3.08. The Morgan fingerprint density at radius 3 is 2.40 bits per heavy atom. The molecule has 1 fully saturated rings. The van der Waals surface area contributed by atoms with E-state index in [-0.39, 0.29) is 17.3 Å². The number of nitrogens with zero attached hydrogens (tertiary/aromatic N) is 1. The van der Waals surface area contributed by atoms with E-state index >= 15 is 0 Å². The maximum Gasteiger partial charge on any atom is 0.257 e. The van der Waals surface area contributed by atoms with Gasteiger partial charge in [0, 0.05) is 13.1 Å². The second kappa shape index (κ2) is 6.20. The maximum absolute atomic E-state index is 13.9. The zero-order chi connectivity index (χ0) is 14.7. The van der Waals surface area contributed by atoms with E-state index in [1.165, 1.54) is 17.7 Å². The number of hydrogen-bond donors (Lipinski definition) is 1. The molecule has 1 aromatic rings. The van der Waals surface area contributed by atoms with Crippen molar-refractivity contribution in [2.45, 2.75) is 44.6 Å². The second-order valence-corrected chi connectivity index (χ2v) is 5.42. The van der Waals surface area contributed by atoms with Crippen molar-refractivity contribution in [2.75, 3.05) is 12.8 Å². The molecule has 1 aromatic carbocycles. The van der Waals surface area contributed by atoms with Crippen LogP contribution in [0.4, 0.5) is 14.5 Å². The predicted octanol–water partition coefficient (Wildman–Crippen LogP) is 3.34. The Bertz CT molecular complexity index is 497. The van der Waals surface area contributed by atoms with Crippen LogP contribution in [-0.2, 0) is 0 Å². The van der Waals surface area contributed by atoms with Crippen molar-refractivity contribution in [3.63, 3.8) is 0 Å². The minimum Gasteiger partial charge on any atom is -0.396 e. The molecule has 20 heavy (non-hydrogen) atoms. The molecule has 1 saturated carbocycles. The number of carbonyl (C=O) groups is 1. The molecule has 0 bridgehead atoms. The zero-order valence-corrected chi connectivity index (χ0v) is 11.7. The standard InChI is InChI=1S/C15H20F2N2O/c1-19(11-6-4-2-3-5-7-11)15(20)12-8-10(16)9-13(18)14(12)17/h8-9,11H,2-7,18H2,1H3. The van der Waals surface area contributed by atoms with Gasteiger partial charge in [0.1, 0.15) is 5.82 Å². The summed E-state index contributed by atoms with van der Waals surface area (Å²) in [6, 6.07) is 1.90. The van der Waals surface area contributed by atoms with E-state index in [0.29, 0.717) is 0 Å². The monoisotopic (exact) mass is 282 g/mol. The van der Waals surface area contributed by atoms with Gasteiger partial charge >= 0.3 is 0 Å². The fraction of sp³-hybridized carbons (Fsp3) is 0.533. The average Bonchev–Trinajstić information content (AvgIpc) is 2.70. The van der Waals surface area contributed by atoms with E-state index < -0.39 is 17.5 Å². The first kappa shape index (κ1) is 14.8. The van der Waals surface area contributed by atoms with E-state index in [1.807, 2.05) is 0 Å². The molecule has 0 aromatic heterocycles. The molecule has 0 heterocycles. The highest BCUT2D eigenvalue weighted by Gasteiger charge is 2.25. The Labute approximate surface area is 117 Å². The Balaban J connectivity index is 2.21. The van der Waals surface area contributed by atoms with Gasteiger partial charge in [0.15, 0.2) is 5.82 Å². The van der Waals surface area contributed by atoms with Crippen LogP contribution in [0.1, 0.15) is 48.9 Å². The van der Waals surface area contributed by atoms with Gasteiger partial charge in [0.05, 0.1) is 11.3 Å². The topological polar surface area (TPSA) is 46.3 Å². The molecule has 2 N–H and O–H groups in total. The normalized spacial score (nSPS) is 16.8. The lowest BCUT2D eigenvalue weighted by Gasteiger charge is -2.27. The predicted molar refractivity (Wildman–Crippen MR) is 74.4 cm³/mol. The van der Waals surface area contributed by atoms with Gasteiger partial charge in [-0.3, -0.25) is 4.79 Å². The summed E-state index contributed by atoms with van der Waals surface area (Å²) in [7, 11) is 1.65. The summed E-state index contributed by atoms with van der Waals surface area (Å²) in [5.41, 5.74) is 4.76. The van der Waals surface area contributed by atoms with Gasteiger partial charge in [-0.05, 0) is 25.0 Å². The second-order valence-electron chi connectivity index (χ2n) is 5.42. The highest BCUT2D eigenvalue weighted by atomic mass is 19.1. The molecular formula is C15H20F2N2O. The third-order valence-electron chi connectivity index (χ3n) is 3.99. The number of amides is 1. The van der Waals surface area contributed by atoms with Crippen LogP contribution in [0.3, 0.4) is 0 Å². The molecular weight excluding hydrogens is 262 g/mol. The van der Waals surface area contributed by atoms with E-state index in [0.717, 1.165) is 37.8 Å². The van der Waals surface area contributed by atoms with Gasteiger partial charge in [-0.15, -0.1) is 0 Å². The van der Waals surface area contributed by atoms with Crippen molar-refractivity contribution in [3.8, 4) is 0 Å². The zero-order valence-electron chi connectivity index (χ0n) is 11.7. The molecule has 0 atom stereocenters. The number of carbonyl (C=O) groups excluding carboxylic acids is 1. The van der Waals surface area contributed by atoms with Gasteiger partial charge in [-0.25, -0.2) is 8.78 Å². The van der Waals surface area contributed by atoms with Crippen LogP contribution < -0.4 is 5.73 Å². The van der Waals surface area contributed by atoms with Crippen molar-refractivity contribution in [3.05, 3.63) is 29.3 Å². The quantitative estimate of drug-likeness (QED) is 0.668. The van der Waals surface area contributed by atoms with Gasteiger partial charge in [-0.2, -0.15) is 0 Å². The SMILES string of the molecule is CN(C(=O)c1cc(F)cc(N)c1F)C1CCCCCC1. The largest absolute Gasteiger partial charge is 0.396 e. The first-order valence-electron chi connectivity index (χ1n) is 7.02. The lowest BCUT2D eigenvalue weighted by molar-refractivity contribution is 0.0712. The van der Waals surface area contributed by atoms with Gasteiger partial charge in [0.25, 0.3) is 5.91 Å². The Morgan fingerprint density at radius 1 is 1.20 bits per heavy atom. The van der Waals surface area contributed by atoms with Crippen LogP contribution in [0.5, 0.6) is 0 Å². The van der Waals surface area contributed by atoms with Crippen LogP contribution in [0.2, 0.25) is 0 Å². The number of benzene rings is 1. The Kier molecular flexibility index (Phi) is 4.57. The lowest BCUT2D eigenvalue weighted by atomic mass is 10.1. The third-order valence-corrected chi connectivity index (χ3v) is 3.99. The van der Waals surface area contributed by atoms with E-state index in [1.54, 1.807) is 7.05 Å². The fourth-order valence-electron chi connectivity index (χ4n) is 2.77. The minimum absolute atomic E-state index is 0.0916. The molecule has 0 spiro atoms. The van der Waals surface area contributed by atoms with E-state index in [2.05, 4.69) is 0 Å². The summed E-state index contributed by atoms with van der Waals surface area (Å²) in [6.07, 6.45) is 6.29. The summed E-state index contributed by atoms with van der Waals surface area (Å²) in [5, 5.41) is 0. The van der Waals surface area contributed by atoms with E-state index in [9.17, 15) is 13.6 Å². The summed E-state index contributed by atoms with van der Waals surface area (Å²) in [5.74, 6) is -2.03. The number of rotatable bonds is 2. The van der Waals surface area contributed by atoms with Crippen molar-refractivity contribution in [2.24, 2.45) is 0 Å². The Morgan fingerprint density at radius 2 is 1.80 bits per heavy atom. The molecule has 0 radical (unpaired) electrons. The molecule has 3 nitrogen and oxygen atoms in total. The first-order valence-corrected chi connectivity index (χ1v) is 7.02. The van der Waals surface area contributed by atoms with Crippen molar-refractivity contribution < 1.29 is 13.6 Å². The lowest BCUT2D eigenvalue weighted by Crippen LogP contribution is -2.37. The molecule has 2 rings (SSSR count). The van der Waals surface area contributed by atoms with Gasteiger partial charge in [0.2, 0.25) is 0 Å². The van der Waals surface area contributed by atoms with Crippen molar-refractivity contribution in [1.82, 2.24) is 4.90 Å². The smallest absolute Gasteiger partial charge is 0.257 e. The highest BCUT2D eigenvalue weighted by Crippen LogP contribution is 2.24. The van der Waals surface area contributed by atoms with Gasteiger partial charge in [-0.1, -0.05) is 25.7 Å². The molecule has 1 amide bonds. The van der Waals surface area contributed by atoms with Crippen LogP contribution in [-0.4, -0.2) is 23.9 Å². The first-order chi connectivity index (χ1) is 9.50. The molecule has 5 heteroatoms. The summed E-state index contributed by atoms with van der Waals surface area (Å²) in [6.45, 7) is 0. The Hall–Kier alpha value is -1.65. The molecule has 0 aliphatic heterocycles. The maximum atomic E-state index is 13.9. The summed E-state index contributed by atoms with van der Waals surface area (Å²) >= 11 is 0. The summed E-state index contributed by atoms with van der Waals surface area (Å²) < 4.78 is 27.2. The molecule has 0 unspecified atom stereocenters. The number of nitrogen functional groups attached to an aromatic ring is 1. The number of anilines is 1. The number of nitrogens with two attached hydrogens (primary N) is 1. The molecule has 1 aliphatic carbocycles. The fourth-order valence-corrected chi connectivity index (χ4v) is 2.77. The number of hydrogen-bond acceptors (Lipinski definition) is 2. The minimum atomic E-state index is -0.836. The average molecular weight is 282 g/mol. The number of halogens is 2.